The second-order valence-corrected chi connectivity index (χ2v) is 5.23. The van der Waals surface area contributed by atoms with Gasteiger partial charge >= 0.3 is 5.97 Å². The highest BCUT2D eigenvalue weighted by Gasteiger charge is 2.49. The van der Waals surface area contributed by atoms with Crippen LogP contribution in [-0.2, 0) is 16.1 Å². The maximum Gasteiger partial charge on any atom is 0.325 e. The van der Waals surface area contributed by atoms with Gasteiger partial charge in [-0.15, -0.1) is 0 Å². The highest BCUT2D eigenvalue weighted by molar-refractivity contribution is 5.79. The summed E-state index contributed by atoms with van der Waals surface area (Å²) in [6.45, 7) is 4.84. The first-order valence-electron chi connectivity index (χ1n) is 6.13. The van der Waals surface area contributed by atoms with Crippen molar-refractivity contribution in [3.63, 3.8) is 0 Å². The fourth-order valence-electron chi connectivity index (χ4n) is 1.93. The number of hydrogen-bond donors (Lipinski definition) is 1. The third kappa shape index (κ3) is 2.89. The molecule has 1 aromatic rings. The van der Waals surface area contributed by atoms with Crippen LogP contribution in [-0.4, -0.2) is 40.7 Å². The molecule has 2 atom stereocenters. The number of esters is 1. The van der Waals surface area contributed by atoms with Crippen molar-refractivity contribution in [3.05, 3.63) is 35.9 Å². The Bertz CT molecular complexity index is 416. The minimum atomic E-state index is -0.351. The summed E-state index contributed by atoms with van der Waals surface area (Å²) >= 11 is 0. The molecule has 1 heterocycles. The molecule has 0 aromatic heterocycles. The second kappa shape index (κ2) is 5.08. The number of aliphatic hydroxyl groups is 1. The smallest absolute Gasteiger partial charge is 0.325 e. The molecule has 0 spiro atoms. The van der Waals surface area contributed by atoms with Crippen molar-refractivity contribution >= 4 is 5.97 Å². The van der Waals surface area contributed by atoms with Crippen molar-refractivity contribution in [2.24, 2.45) is 0 Å². The van der Waals surface area contributed by atoms with Gasteiger partial charge in [0.25, 0.3) is 0 Å². The van der Waals surface area contributed by atoms with Crippen LogP contribution in [0.15, 0.2) is 30.3 Å². The first-order chi connectivity index (χ1) is 8.54. The van der Waals surface area contributed by atoms with Gasteiger partial charge in [0.1, 0.15) is 12.6 Å². The Labute approximate surface area is 107 Å². The third-order valence-electron chi connectivity index (χ3n) is 3.27. The van der Waals surface area contributed by atoms with Gasteiger partial charge in [0.05, 0.1) is 6.61 Å². The molecule has 98 valence electrons. The average molecular weight is 249 g/mol. The number of nitrogens with zero attached hydrogens (tertiary/aromatic N) is 1. The third-order valence-corrected chi connectivity index (χ3v) is 3.27. The van der Waals surface area contributed by atoms with E-state index in [-0.39, 0.29) is 24.2 Å². The van der Waals surface area contributed by atoms with Crippen molar-refractivity contribution < 1.29 is 14.6 Å². The van der Waals surface area contributed by atoms with Crippen LogP contribution in [0.3, 0.4) is 0 Å². The summed E-state index contributed by atoms with van der Waals surface area (Å²) in [5.41, 5.74) is 0.635. The zero-order valence-electron chi connectivity index (χ0n) is 10.8. The minimum absolute atomic E-state index is 0.0372. The van der Waals surface area contributed by atoms with E-state index in [1.165, 1.54) is 0 Å². The first-order valence-corrected chi connectivity index (χ1v) is 6.13. The monoisotopic (exact) mass is 249 g/mol. The fourth-order valence-corrected chi connectivity index (χ4v) is 1.93. The Morgan fingerprint density at radius 3 is 2.72 bits per heavy atom. The van der Waals surface area contributed by atoms with Crippen molar-refractivity contribution in [2.45, 2.75) is 32.0 Å². The van der Waals surface area contributed by atoms with Crippen LogP contribution in [0, 0.1) is 0 Å². The molecule has 1 fully saturated rings. The molecule has 0 bridgehead atoms. The van der Waals surface area contributed by atoms with Crippen LogP contribution in [0.5, 0.6) is 0 Å². The molecule has 18 heavy (non-hydrogen) atoms. The molecule has 1 aromatic carbocycles. The molecule has 0 aliphatic carbocycles. The molecular weight excluding hydrogens is 230 g/mol. The largest absolute Gasteiger partial charge is 0.460 e. The van der Waals surface area contributed by atoms with E-state index < -0.39 is 0 Å². The van der Waals surface area contributed by atoms with Gasteiger partial charge in [0.2, 0.25) is 0 Å². The number of carbonyl (C=O) groups is 1. The van der Waals surface area contributed by atoms with E-state index in [1.54, 1.807) is 0 Å². The molecule has 0 amide bonds. The maximum atomic E-state index is 11.8. The van der Waals surface area contributed by atoms with Crippen molar-refractivity contribution in [2.75, 3.05) is 13.2 Å². The van der Waals surface area contributed by atoms with E-state index in [1.807, 2.05) is 49.1 Å². The number of ether oxygens (including phenoxy) is 1. The van der Waals surface area contributed by atoms with E-state index in [4.69, 9.17) is 4.74 Å². The normalized spacial score (nSPS) is 22.6. The minimum Gasteiger partial charge on any atom is -0.460 e. The number of benzene rings is 1. The second-order valence-electron chi connectivity index (χ2n) is 5.23. The number of aliphatic hydroxyl groups excluding tert-OH is 1. The standard InChI is InChI=1S/C14H19NO3/c1-14(2,10-16)15-8-12(15)13(17)18-9-11-6-4-3-5-7-11/h3-7,12,16H,8-10H2,1-2H3/t12-,15?/m0/s1. The predicted octanol–water partition coefficient (Wildman–Crippen LogP) is 1.18. The van der Waals surface area contributed by atoms with Crippen LogP contribution in [0.4, 0.5) is 0 Å². The van der Waals surface area contributed by atoms with Crippen LogP contribution in [0.2, 0.25) is 0 Å². The summed E-state index contributed by atoms with van der Waals surface area (Å²) in [6.07, 6.45) is 0. The summed E-state index contributed by atoms with van der Waals surface area (Å²) in [6, 6.07) is 9.42. The zero-order valence-corrected chi connectivity index (χ0v) is 10.8. The molecule has 1 unspecified atom stereocenters. The van der Waals surface area contributed by atoms with E-state index in [9.17, 15) is 9.90 Å². The summed E-state index contributed by atoms with van der Waals surface area (Å²) in [5, 5.41) is 9.22. The molecule has 2 rings (SSSR count). The molecule has 0 saturated carbocycles. The van der Waals surface area contributed by atoms with Crippen molar-refractivity contribution in [1.29, 1.82) is 0 Å². The lowest BCUT2D eigenvalue weighted by molar-refractivity contribution is -0.145. The van der Waals surface area contributed by atoms with Gasteiger partial charge in [-0.05, 0) is 19.4 Å². The topological polar surface area (TPSA) is 49.5 Å². The molecule has 1 aliphatic rings. The van der Waals surface area contributed by atoms with E-state index >= 15 is 0 Å². The van der Waals surface area contributed by atoms with Gasteiger partial charge in [-0.3, -0.25) is 9.69 Å². The lowest BCUT2D eigenvalue weighted by Gasteiger charge is -2.23. The van der Waals surface area contributed by atoms with Crippen LogP contribution >= 0.6 is 0 Å². The Balaban J connectivity index is 1.81. The van der Waals surface area contributed by atoms with Crippen molar-refractivity contribution in [1.82, 2.24) is 4.90 Å². The quantitative estimate of drug-likeness (QED) is 0.629. The lowest BCUT2D eigenvalue weighted by Crippen LogP contribution is -2.37. The van der Waals surface area contributed by atoms with Gasteiger partial charge in [0, 0.05) is 12.1 Å². The summed E-state index contributed by atoms with van der Waals surface area (Å²) in [4.78, 5) is 13.8. The van der Waals surface area contributed by atoms with Gasteiger partial charge < -0.3 is 9.84 Å². The molecule has 1 N–H and O–H groups in total. The zero-order chi connectivity index (χ0) is 13.2. The van der Waals surface area contributed by atoms with Gasteiger partial charge in [0.15, 0.2) is 0 Å². The number of rotatable bonds is 5. The maximum absolute atomic E-state index is 11.8. The van der Waals surface area contributed by atoms with Crippen molar-refractivity contribution in [3.8, 4) is 0 Å². The molecular formula is C14H19NO3. The SMILES string of the molecule is CC(C)(CO)N1C[C@H]1C(=O)OCc1ccccc1. The van der Waals surface area contributed by atoms with Crippen LogP contribution in [0.25, 0.3) is 0 Å². The first kappa shape index (κ1) is 13.1. The fraction of sp³-hybridized carbons (Fsp3) is 0.500. The molecule has 0 radical (unpaired) electrons. The highest BCUT2D eigenvalue weighted by atomic mass is 16.5. The number of carbonyl (C=O) groups excluding carboxylic acids is 1. The lowest BCUT2D eigenvalue weighted by atomic mass is 10.1. The molecule has 4 heteroatoms. The average Bonchev–Trinajstić information content (AvgIpc) is 3.18. The summed E-state index contributed by atoms with van der Waals surface area (Å²) < 4.78 is 5.26. The predicted molar refractivity (Wildman–Crippen MR) is 67.9 cm³/mol. The van der Waals surface area contributed by atoms with E-state index in [0.29, 0.717) is 13.2 Å². The summed E-state index contributed by atoms with van der Waals surface area (Å²) in [7, 11) is 0. The summed E-state index contributed by atoms with van der Waals surface area (Å²) in [5.74, 6) is -0.208. The van der Waals surface area contributed by atoms with Gasteiger partial charge in [-0.25, -0.2) is 0 Å². The number of hydrogen-bond acceptors (Lipinski definition) is 4. The van der Waals surface area contributed by atoms with E-state index in [0.717, 1.165) is 5.56 Å². The Morgan fingerprint density at radius 1 is 1.44 bits per heavy atom. The van der Waals surface area contributed by atoms with Gasteiger partial charge in [-0.2, -0.15) is 0 Å². The van der Waals surface area contributed by atoms with Crippen LogP contribution in [0.1, 0.15) is 19.4 Å². The van der Waals surface area contributed by atoms with E-state index in [2.05, 4.69) is 0 Å². The molecule has 1 saturated heterocycles. The van der Waals surface area contributed by atoms with Gasteiger partial charge in [-0.1, -0.05) is 30.3 Å². The Kier molecular flexibility index (Phi) is 3.68. The highest BCUT2D eigenvalue weighted by Crippen LogP contribution is 2.29. The molecule has 1 aliphatic heterocycles. The van der Waals surface area contributed by atoms with Crippen LogP contribution < -0.4 is 0 Å². The Morgan fingerprint density at radius 2 is 2.11 bits per heavy atom. The Hall–Kier alpha value is -1.39. The molecule has 4 nitrogen and oxygen atoms in total.